The minimum Gasteiger partial charge on any atom is -0.483 e. The molecule has 3 heteroatoms. The summed E-state index contributed by atoms with van der Waals surface area (Å²) in [6.07, 6.45) is 8.33. The lowest BCUT2D eigenvalue weighted by atomic mass is 10.2. The van der Waals surface area contributed by atoms with Gasteiger partial charge < -0.3 is 10.2 Å². The highest BCUT2D eigenvalue weighted by molar-refractivity contribution is 5.32. The van der Waals surface area contributed by atoms with E-state index in [-0.39, 0.29) is 12.6 Å². The number of rotatable bonds is 0. The van der Waals surface area contributed by atoms with Gasteiger partial charge in [0.1, 0.15) is 0 Å². The fraction of sp³-hybridized carbons (Fsp3) is 0.625. The average molecular weight is 158 g/mol. The van der Waals surface area contributed by atoms with E-state index in [1.807, 2.05) is 6.08 Å². The lowest BCUT2D eigenvalue weighted by Gasteiger charge is -1.98. The minimum absolute atomic E-state index is 0.155. The van der Waals surface area contributed by atoms with Crippen molar-refractivity contribution in [1.29, 1.82) is 0 Å². The maximum absolute atomic E-state index is 9.00. The van der Waals surface area contributed by atoms with Crippen molar-refractivity contribution < 1.29 is 15.0 Å². The molecule has 1 unspecified atom stereocenters. The van der Waals surface area contributed by atoms with Crippen molar-refractivity contribution in [1.82, 2.24) is 0 Å². The molecule has 1 atom stereocenters. The van der Waals surface area contributed by atoms with Crippen molar-refractivity contribution >= 4 is 6.47 Å². The van der Waals surface area contributed by atoms with E-state index in [1.54, 1.807) is 0 Å². The molecule has 0 heterocycles. The Hall–Kier alpha value is -0.830. The first-order valence-corrected chi connectivity index (χ1v) is 3.74. The summed E-state index contributed by atoms with van der Waals surface area (Å²) in [5, 5.41) is 15.9. The third kappa shape index (κ3) is 7.06. The van der Waals surface area contributed by atoms with Gasteiger partial charge in [0.25, 0.3) is 6.47 Å². The van der Waals surface area contributed by atoms with E-state index < -0.39 is 0 Å². The Morgan fingerprint density at radius 3 is 2.73 bits per heavy atom. The van der Waals surface area contributed by atoms with Crippen molar-refractivity contribution in [3.8, 4) is 0 Å². The SMILES string of the molecule is O=CO.OC1C=CCCCC1. The molecule has 0 bridgehead atoms. The topological polar surface area (TPSA) is 57.5 Å². The molecule has 0 radical (unpaired) electrons. The zero-order chi connectivity index (χ0) is 8.53. The summed E-state index contributed by atoms with van der Waals surface area (Å²) in [6, 6.07) is 0. The predicted molar refractivity (Wildman–Crippen MR) is 42.3 cm³/mol. The van der Waals surface area contributed by atoms with Crippen molar-refractivity contribution in [2.45, 2.75) is 31.8 Å². The number of carbonyl (C=O) groups is 1. The Morgan fingerprint density at radius 2 is 2.09 bits per heavy atom. The van der Waals surface area contributed by atoms with Gasteiger partial charge in [-0.25, -0.2) is 0 Å². The van der Waals surface area contributed by atoms with Crippen LogP contribution in [0.1, 0.15) is 25.7 Å². The van der Waals surface area contributed by atoms with Crippen molar-refractivity contribution in [2.75, 3.05) is 0 Å². The molecule has 64 valence electrons. The van der Waals surface area contributed by atoms with Crippen LogP contribution in [0.5, 0.6) is 0 Å². The largest absolute Gasteiger partial charge is 0.483 e. The minimum atomic E-state index is -0.250. The highest BCUT2D eigenvalue weighted by Gasteiger charge is 2.00. The fourth-order valence-corrected chi connectivity index (χ4v) is 0.965. The number of hydrogen-bond acceptors (Lipinski definition) is 2. The van der Waals surface area contributed by atoms with Gasteiger partial charge in [0.05, 0.1) is 6.10 Å². The van der Waals surface area contributed by atoms with Crippen molar-refractivity contribution in [3.63, 3.8) is 0 Å². The lowest BCUT2D eigenvalue weighted by Crippen LogP contribution is -1.98. The van der Waals surface area contributed by atoms with Crippen molar-refractivity contribution in [2.24, 2.45) is 0 Å². The van der Waals surface area contributed by atoms with E-state index >= 15 is 0 Å². The molecule has 11 heavy (non-hydrogen) atoms. The third-order valence-corrected chi connectivity index (χ3v) is 1.48. The second kappa shape index (κ2) is 7.28. The van der Waals surface area contributed by atoms with Gasteiger partial charge in [-0.1, -0.05) is 18.6 Å². The van der Waals surface area contributed by atoms with E-state index in [0.717, 1.165) is 12.8 Å². The summed E-state index contributed by atoms with van der Waals surface area (Å²) in [4.78, 5) is 8.36. The predicted octanol–water partition coefficient (Wildman–Crippen LogP) is 1.18. The Kier molecular flexibility index (Phi) is 6.73. The third-order valence-electron chi connectivity index (χ3n) is 1.48. The van der Waals surface area contributed by atoms with Crippen LogP contribution in [0.4, 0.5) is 0 Å². The van der Waals surface area contributed by atoms with Gasteiger partial charge in [-0.05, 0) is 19.3 Å². The van der Waals surface area contributed by atoms with Crippen LogP contribution in [0.2, 0.25) is 0 Å². The zero-order valence-corrected chi connectivity index (χ0v) is 6.44. The van der Waals surface area contributed by atoms with Crippen LogP contribution in [0.25, 0.3) is 0 Å². The number of carboxylic acid groups (broad SMARTS) is 1. The lowest BCUT2D eigenvalue weighted by molar-refractivity contribution is -0.122. The van der Waals surface area contributed by atoms with Crippen LogP contribution < -0.4 is 0 Å². The molecule has 1 aliphatic carbocycles. The molecule has 0 amide bonds. The van der Waals surface area contributed by atoms with Gasteiger partial charge in [0.2, 0.25) is 0 Å². The van der Waals surface area contributed by atoms with E-state index in [2.05, 4.69) is 6.08 Å². The molecule has 0 aromatic rings. The molecule has 1 aliphatic rings. The first-order valence-electron chi connectivity index (χ1n) is 3.74. The monoisotopic (exact) mass is 158 g/mol. The number of aliphatic hydroxyl groups excluding tert-OH is 1. The summed E-state index contributed by atoms with van der Waals surface area (Å²) in [7, 11) is 0. The molecular weight excluding hydrogens is 144 g/mol. The van der Waals surface area contributed by atoms with Gasteiger partial charge in [0, 0.05) is 0 Å². The summed E-state index contributed by atoms with van der Waals surface area (Å²) in [5.74, 6) is 0. The summed E-state index contributed by atoms with van der Waals surface area (Å²) in [5.41, 5.74) is 0. The van der Waals surface area contributed by atoms with E-state index in [0.29, 0.717) is 0 Å². The molecule has 0 aromatic carbocycles. The van der Waals surface area contributed by atoms with Crippen LogP contribution in [0, 0.1) is 0 Å². The van der Waals surface area contributed by atoms with E-state index in [1.165, 1.54) is 12.8 Å². The molecule has 3 nitrogen and oxygen atoms in total. The molecule has 0 fully saturated rings. The Balaban J connectivity index is 0.000000292. The van der Waals surface area contributed by atoms with Gasteiger partial charge in [-0.2, -0.15) is 0 Å². The fourth-order valence-electron chi connectivity index (χ4n) is 0.965. The number of aliphatic hydroxyl groups is 1. The summed E-state index contributed by atoms with van der Waals surface area (Å²) >= 11 is 0. The molecule has 0 saturated carbocycles. The van der Waals surface area contributed by atoms with Crippen LogP contribution in [-0.2, 0) is 4.79 Å². The molecule has 0 aromatic heterocycles. The van der Waals surface area contributed by atoms with Crippen molar-refractivity contribution in [3.05, 3.63) is 12.2 Å². The Labute approximate surface area is 66.4 Å². The van der Waals surface area contributed by atoms with Crippen LogP contribution in [0.3, 0.4) is 0 Å². The normalized spacial score (nSPS) is 22.8. The highest BCUT2D eigenvalue weighted by atomic mass is 16.3. The first kappa shape index (κ1) is 10.2. The smallest absolute Gasteiger partial charge is 0.290 e. The standard InChI is InChI=1S/C7H12O.CH2O2/c8-7-5-3-1-2-4-6-7;2-1-3/h3,5,7-8H,1-2,4,6H2;1H,(H,2,3). The molecule has 0 spiro atoms. The summed E-state index contributed by atoms with van der Waals surface area (Å²) in [6.45, 7) is -0.250. The zero-order valence-electron chi connectivity index (χ0n) is 6.44. The summed E-state index contributed by atoms with van der Waals surface area (Å²) < 4.78 is 0. The molecular formula is C8H14O3. The maximum Gasteiger partial charge on any atom is 0.290 e. The van der Waals surface area contributed by atoms with E-state index in [9.17, 15) is 0 Å². The second-order valence-corrected chi connectivity index (χ2v) is 2.39. The van der Waals surface area contributed by atoms with E-state index in [4.69, 9.17) is 15.0 Å². The van der Waals surface area contributed by atoms with Crippen LogP contribution in [0.15, 0.2) is 12.2 Å². The first-order chi connectivity index (χ1) is 5.31. The highest BCUT2D eigenvalue weighted by Crippen LogP contribution is 2.09. The number of allylic oxidation sites excluding steroid dienone is 1. The van der Waals surface area contributed by atoms with Gasteiger partial charge in [-0.15, -0.1) is 0 Å². The van der Waals surface area contributed by atoms with Crippen LogP contribution in [-0.4, -0.2) is 22.8 Å². The van der Waals surface area contributed by atoms with Gasteiger partial charge in [-0.3, -0.25) is 4.79 Å². The molecule has 0 saturated heterocycles. The van der Waals surface area contributed by atoms with Gasteiger partial charge in [0.15, 0.2) is 0 Å². The second-order valence-electron chi connectivity index (χ2n) is 2.39. The quantitative estimate of drug-likeness (QED) is 0.411. The Morgan fingerprint density at radius 1 is 1.45 bits per heavy atom. The Bertz CT molecular complexity index is 121. The van der Waals surface area contributed by atoms with Crippen LogP contribution >= 0.6 is 0 Å². The average Bonchev–Trinajstić information content (AvgIpc) is 2.18. The number of hydrogen-bond donors (Lipinski definition) is 2. The molecule has 2 N–H and O–H groups in total. The molecule has 0 aliphatic heterocycles. The van der Waals surface area contributed by atoms with Gasteiger partial charge >= 0.3 is 0 Å². The molecule has 1 rings (SSSR count). The maximum atomic E-state index is 9.00.